The van der Waals surface area contributed by atoms with Crippen LogP contribution in [0.2, 0.25) is 0 Å². The Morgan fingerprint density at radius 3 is 1.44 bits per heavy atom. The SMILES string of the molecule is OC1CC2c3cc4ccccc4cc3C1c1cc3ccccc3cc12. The van der Waals surface area contributed by atoms with Crippen LogP contribution in [0.5, 0.6) is 0 Å². The summed E-state index contributed by atoms with van der Waals surface area (Å²) in [5.41, 5.74) is 5.48. The lowest BCUT2D eigenvalue weighted by Gasteiger charge is -2.44. The summed E-state index contributed by atoms with van der Waals surface area (Å²) < 4.78 is 0. The lowest BCUT2D eigenvalue weighted by atomic mass is 9.62. The average molecular weight is 322 g/mol. The van der Waals surface area contributed by atoms with Gasteiger partial charge in [0.2, 0.25) is 0 Å². The largest absolute Gasteiger partial charge is 0.392 e. The summed E-state index contributed by atoms with van der Waals surface area (Å²) in [5.74, 6) is 0.406. The molecule has 0 spiro atoms. The molecule has 0 saturated heterocycles. The zero-order chi connectivity index (χ0) is 16.5. The van der Waals surface area contributed by atoms with Gasteiger partial charge < -0.3 is 5.11 Å². The van der Waals surface area contributed by atoms with Crippen LogP contribution in [0, 0.1) is 0 Å². The highest BCUT2D eigenvalue weighted by Crippen LogP contribution is 2.54. The van der Waals surface area contributed by atoms with Gasteiger partial charge >= 0.3 is 0 Å². The third-order valence-electron chi connectivity index (χ3n) is 6.19. The molecule has 0 saturated carbocycles. The van der Waals surface area contributed by atoms with Crippen LogP contribution >= 0.6 is 0 Å². The molecule has 4 aromatic carbocycles. The number of aliphatic hydroxyl groups excluding tert-OH is 1. The van der Waals surface area contributed by atoms with Gasteiger partial charge in [0.1, 0.15) is 0 Å². The van der Waals surface area contributed by atoms with E-state index in [1.54, 1.807) is 0 Å². The molecule has 3 aliphatic rings. The molecule has 0 aromatic heterocycles. The fraction of sp³-hybridized carbons (Fsp3) is 0.167. The normalized spacial score (nSPS) is 23.6. The maximum Gasteiger partial charge on any atom is 0.0658 e. The maximum atomic E-state index is 10.8. The summed E-state index contributed by atoms with van der Waals surface area (Å²) in [6, 6.07) is 26.4. The average Bonchev–Trinajstić information content (AvgIpc) is 2.65. The van der Waals surface area contributed by atoms with Crippen LogP contribution in [0.15, 0.2) is 72.8 Å². The quantitative estimate of drug-likeness (QED) is 0.463. The van der Waals surface area contributed by atoms with Gasteiger partial charge in [0, 0.05) is 11.8 Å². The standard InChI is InChI=1S/C24H18O/c25-23-13-20-18-9-14-5-1-3-7-16(14)11-21(18)24(23)22-12-17-8-4-2-6-15(17)10-19(20)22/h1-12,20,23-25H,13H2. The lowest BCUT2D eigenvalue weighted by Crippen LogP contribution is -2.35. The highest BCUT2D eigenvalue weighted by molar-refractivity contribution is 5.88. The summed E-state index contributed by atoms with van der Waals surface area (Å²) >= 11 is 0. The van der Waals surface area contributed by atoms with E-state index in [2.05, 4.69) is 72.8 Å². The Bertz CT molecular complexity index is 1070. The molecule has 25 heavy (non-hydrogen) atoms. The molecule has 1 N–H and O–H groups in total. The predicted octanol–water partition coefficient (Wildman–Crippen LogP) is 5.33. The molecule has 1 atom stereocenters. The summed E-state index contributed by atoms with van der Waals surface area (Å²) in [7, 11) is 0. The molecule has 1 heteroatoms. The number of hydrogen-bond acceptors (Lipinski definition) is 1. The molecule has 1 unspecified atom stereocenters. The van der Waals surface area contributed by atoms with E-state index >= 15 is 0 Å². The van der Waals surface area contributed by atoms with Crippen molar-refractivity contribution in [2.45, 2.75) is 24.4 Å². The Hall–Kier alpha value is -2.64. The van der Waals surface area contributed by atoms with E-state index in [1.165, 1.54) is 43.8 Å². The Kier molecular flexibility index (Phi) is 2.57. The molecule has 0 amide bonds. The van der Waals surface area contributed by atoms with E-state index in [9.17, 15) is 5.11 Å². The number of fused-ring (bicyclic) bond motifs is 3. The first-order valence-corrected chi connectivity index (χ1v) is 9.03. The van der Waals surface area contributed by atoms with Crippen molar-refractivity contribution in [3.05, 3.63) is 95.1 Å². The van der Waals surface area contributed by atoms with Crippen molar-refractivity contribution >= 4 is 21.5 Å². The molecular formula is C24H18O. The van der Waals surface area contributed by atoms with Crippen LogP contribution < -0.4 is 0 Å². The molecule has 1 nitrogen and oxygen atoms in total. The van der Waals surface area contributed by atoms with Crippen molar-refractivity contribution in [1.82, 2.24) is 0 Å². The molecule has 7 rings (SSSR count). The van der Waals surface area contributed by atoms with Gasteiger partial charge in [-0.2, -0.15) is 0 Å². The van der Waals surface area contributed by atoms with E-state index in [0.29, 0.717) is 5.92 Å². The maximum absolute atomic E-state index is 10.8. The van der Waals surface area contributed by atoms with Gasteiger partial charge in [-0.05, 0) is 50.2 Å². The second-order valence-electron chi connectivity index (χ2n) is 7.49. The predicted molar refractivity (Wildman–Crippen MR) is 102 cm³/mol. The van der Waals surface area contributed by atoms with Crippen molar-refractivity contribution < 1.29 is 5.11 Å². The molecule has 4 aromatic rings. The highest BCUT2D eigenvalue weighted by atomic mass is 16.3. The van der Waals surface area contributed by atoms with Crippen LogP contribution in [0.3, 0.4) is 0 Å². The zero-order valence-electron chi connectivity index (χ0n) is 13.8. The van der Waals surface area contributed by atoms with E-state index in [-0.39, 0.29) is 12.0 Å². The van der Waals surface area contributed by atoms with Crippen LogP contribution in [-0.2, 0) is 0 Å². The van der Waals surface area contributed by atoms with Gasteiger partial charge in [-0.3, -0.25) is 0 Å². The third kappa shape index (κ3) is 1.76. The second kappa shape index (κ2) is 4.71. The molecule has 0 aliphatic heterocycles. The second-order valence-corrected chi connectivity index (χ2v) is 7.49. The number of benzene rings is 4. The van der Waals surface area contributed by atoms with Crippen molar-refractivity contribution in [3.8, 4) is 0 Å². The van der Waals surface area contributed by atoms with Crippen molar-refractivity contribution in [3.63, 3.8) is 0 Å². The fourth-order valence-electron chi connectivity index (χ4n) is 5.07. The van der Waals surface area contributed by atoms with Crippen LogP contribution in [-0.4, -0.2) is 11.2 Å². The molecule has 0 heterocycles. The molecule has 120 valence electrons. The summed E-state index contributed by atoms with van der Waals surface area (Å²) in [5, 5.41) is 16.0. The Morgan fingerprint density at radius 2 is 1.00 bits per heavy atom. The van der Waals surface area contributed by atoms with E-state index < -0.39 is 0 Å². The van der Waals surface area contributed by atoms with Crippen LogP contribution in [0.1, 0.15) is 40.5 Å². The minimum Gasteiger partial charge on any atom is -0.392 e. The summed E-state index contributed by atoms with van der Waals surface area (Å²) in [6.07, 6.45) is 0.550. The zero-order valence-corrected chi connectivity index (χ0v) is 13.8. The lowest BCUT2D eigenvalue weighted by molar-refractivity contribution is 0.124. The van der Waals surface area contributed by atoms with Gasteiger partial charge in [0.25, 0.3) is 0 Å². The van der Waals surface area contributed by atoms with Crippen molar-refractivity contribution in [1.29, 1.82) is 0 Å². The molecule has 0 fully saturated rings. The van der Waals surface area contributed by atoms with Gasteiger partial charge in [-0.15, -0.1) is 0 Å². The summed E-state index contributed by atoms with van der Waals surface area (Å²) in [4.78, 5) is 0. The number of hydrogen-bond donors (Lipinski definition) is 1. The fourth-order valence-corrected chi connectivity index (χ4v) is 5.07. The molecule has 3 aliphatic carbocycles. The minimum atomic E-state index is -0.285. The van der Waals surface area contributed by atoms with E-state index in [0.717, 1.165) is 6.42 Å². The third-order valence-corrected chi connectivity index (χ3v) is 6.19. The first kappa shape index (κ1) is 13.6. The Labute approximate surface area is 146 Å². The van der Waals surface area contributed by atoms with Gasteiger partial charge in [0.15, 0.2) is 0 Å². The number of aliphatic hydroxyl groups is 1. The molecule has 2 bridgehead atoms. The minimum absolute atomic E-state index is 0.101. The van der Waals surface area contributed by atoms with Crippen molar-refractivity contribution in [2.24, 2.45) is 0 Å². The number of rotatable bonds is 0. The van der Waals surface area contributed by atoms with E-state index in [1.807, 2.05) is 0 Å². The molecular weight excluding hydrogens is 304 g/mol. The monoisotopic (exact) mass is 322 g/mol. The van der Waals surface area contributed by atoms with Crippen molar-refractivity contribution in [2.75, 3.05) is 0 Å². The highest BCUT2D eigenvalue weighted by Gasteiger charge is 2.43. The molecule has 0 radical (unpaired) electrons. The van der Waals surface area contributed by atoms with Gasteiger partial charge in [0.05, 0.1) is 6.10 Å². The Balaban J connectivity index is 1.68. The first-order chi connectivity index (χ1) is 12.3. The van der Waals surface area contributed by atoms with E-state index in [4.69, 9.17) is 0 Å². The van der Waals surface area contributed by atoms with Crippen LogP contribution in [0.4, 0.5) is 0 Å². The smallest absolute Gasteiger partial charge is 0.0658 e. The first-order valence-electron chi connectivity index (χ1n) is 9.03. The van der Waals surface area contributed by atoms with Gasteiger partial charge in [-0.1, -0.05) is 72.8 Å². The summed E-state index contributed by atoms with van der Waals surface area (Å²) in [6.45, 7) is 0. The van der Waals surface area contributed by atoms with Gasteiger partial charge in [-0.25, -0.2) is 0 Å². The van der Waals surface area contributed by atoms with Crippen LogP contribution in [0.25, 0.3) is 21.5 Å². The Morgan fingerprint density at radius 1 is 0.600 bits per heavy atom. The topological polar surface area (TPSA) is 20.2 Å².